The molecule has 39 heavy (non-hydrogen) atoms. The lowest BCUT2D eigenvalue weighted by molar-refractivity contribution is 0.767. The average molecular weight is 535 g/mol. The zero-order chi connectivity index (χ0) is 26.4. The topological polar surface area (TPSA) is 0 Å². The number of hydrogen-bond donors (Lipinski definition) is 2. The molecule has 0 heterocycles. The maximum absolute atomic E-state index is 4.89. The molecule has 6 aromatic carbocycles. The highest BCUT2D eigenvalue weighted by molar-refractivity contribution is 7.80. The second kappa shape index (κ2) is 9.64. The van der Waals surface area contributed by atoms with E-state index in [0.717, 1.165) is 32.0 Å². The summed E-state index contributed by atoms with van der Waals surface area (Å²) in [5, 5.41) is 0. The molecule has 7 rings (SSSR count). The zero-order valence-electron chi connectivity index (χ0n) is 21.3. The molecule has 0 radical (unpaired) electrons. The minimum Gasteiger partial charge on any atom is -0.143 e. The molecular weight excluding hydrogens is 509 g/mol. The second-order valence-electron chi connectivity index (χ2n) is 10.0. The average Bonchev–Trinajstić information content (AvgIpc) is 3.30. The van der Waals surface area contributed by atoms with E-state index in [1.807, 2.05) is 0 Å². The maximum atomic E-state index is 4.89. The van der Waals surface area contributed by atoms with Crippen LogP contribution in [-0.4, -0.2) is 0 Å². The monoisotopic (exact) mass is 534 g/mol. The fraction of sp³-hybridized carbons (Fsp3) is 0.0270. The molecule has 0 spiro atoms. The van der Waals surface area contributed by atoms with Crippen molar-refractivity contribution in [3.63, 3.8) is 0 Å². The van der Waals surface area contributed by atoms with Gasteiger partial charge in [0.2, 0.25) is 0 Å². The number of thiol groups is 2. The highest BCUT2D eigenvalue weighted by Gasteiger charge is 2.46. The van der Waals surface area contributed by atoms with E-state index < -0.39 is 5.41 Å². The predicted molar refractivity (Wildman–Crippen MR) is 169 cm³/mol. The first kappa shape index (κ1) is 24.1. The summed E-state index contributed by atoms with van der Waals surface area (Å²) in [4.78, 5) is 1.94. The van der Waals surface area contributed by atoms with Crippen molar-refractivity contribution in [2.75, 3.05) is 0 Å². The number of fused-ring (bicyclic) bond motifs is 3. The molecule has 0 N–H and O–H groups in total. The number of rotatable bonds is 4. The largest absolute Gasteiger partial charge is 0.143 e. The fourth-order valence-corrected chi connectivity index (χ4v) is 6.80. The van der Waals surface area contributed by atoms with Gasteiger partial charge in [-0.15, -0.1) is 25.3 Å². The lowest BCUT2D eigenvalue weighted by Crippen LogP contribution is -2.28. The van der Waals surface area contributed by atoms with Gasteiger partial charge >= 0.3 is 0 Å². The van der Waals surface area contributed by atoms with Crippen LogP contribution in [0.25, 0.3) is 33.4 Å². The Morgan fingerprint density at radius 3 is 1.18 bits per heavy atom. The Labute approximate surface area is 240 Å². The third kappa shape index (κ3) is 3.78. The van der Waals surface area contributed by atoms with Crippen molar-refractivity contribution in [2.45, 2.75) is 15.2 Å². The van der Waals surface area contributed by atoms with Gasteiger partial charge in [-0.05, 0) is 79.9 Å². The summed E-state index contributed by atoms with van der Waals surface area (Å²) in [6, 6.07) is 52.3. The van der Waals surface area contributed by atoms with Crippen LogP contribution in [-0.2, 0) is 5.41 Å². The Hall–Kier alpha value is -3.98. The number of hydrogen-bond acceptors (Lipinski definition) is 2. The molecule has 0 unspecified atom stereocenters. The molecule has 1 aliphatic rings. The van der Waals surface area contributed by atoms with Crippen molar-refractivity contribution in [1.82, 2.24) is 0 Å². The van der Waals surface area contributed by atoms with Gasteiger partial charge in [-0.2, -0.15) is 0 Å². The lowest BCUT2D eigenvalue weighted by atomic mass is 9.67. The lowest BCUT2D eigenvalue weighted by Gasteiger charge is -2.35. The molecule has 0 amide bonds. The van der Waals surface area contributed by atoms with Crippen molar-refractivity contribution < 1.29 is 0 Å². The van der Waals surface area contributed by atoms with Crippen LogP contribution in [0, 0.1) is 0 Å². The molecule has 0 atom stereocenters. The Morgan fingerprint density at radius 2 is 0.744 bits per heavy atom. The van der Waals surface area contributed by atoms with Gasteiger partial charge in [-0.1, -0.05) is 121 Å². The molecule has 6 aromatic rings. The van der Waals surface area contributed by atoms with Crippen LogP contribution >= 0.6 is 25.3 Å². The van der Waals surface area contributed by atoms with Crippen LogP contribution < -0.4 is 0 Å². The molecule has 2 heteroatoms. The van der Waals surface area contributed by atoms with Gasteiger partial charge in [-0.3, -0.25) is 0 Å². The van der Waals surface area contributed by atoms with Gasteiger partial charge in [0.1, 0.15) is 0 Å². The summed E-state index contributed by atoms with van der Waals surface area (Å²) in [5.74, 6) is 0. The summed E-state index contributed by atoms with van der Waals surface area (Å²) < 4.78 is 0. The van der Waals surface area contributed by atoms with E-state index in [-0.39, 0.29) is 0 Å². The predicted octanol–water partition coefficient (Wildman–Crippen LogP) is 9.96. The van der Waals surface area contributed by atoms with E-state index in [1.54, 1.807) is 0 Å². The Bertz CT molecular complexity index is 1680. The molecular formula is C37H26S2. The van der Waals surface area contributed by atoms with Crippen LogP contribution in [0.4, 0.5) is 0 Å². The molecule has 1 aliphatic carbocycles. The van der Waals surface area contributed by atoms with Gasteiger partial charge in [0.05, 0.1) is 5.41 Å². The third-order valence-corrected chi connectivity index (χ3v) is 8.76. The maximum Gasteiger partial charge on any atom is 0.0714 e. The van der Waals surface area contributed by atoms with Gasteiger partial charge in [0, 0.05) is 9.79 Å². The molecule has 186 valence electrons. The molecule has 0 nitrogen and oxygen atoms in total. The van der Waals surface area contributed by atoms with Gasteiger partial charge in [-0.25, -0.2) is 0 Å². The molecule has 0 aliphatic heterocycles. The number of benzene rings is 6. The molecule has 0 saturated heterocycles. The van der Waals surface area contributed by atoms with Gasteiger partial charge in [0.25, 0.3) is 0 Å². The fourth-order valence-electron chi connectivity index (χ4n) is 6.26. The highest BCUT2D eigenvalue weighted by atomic mass is 32.1. The van der Waals surface area contributed by atoms with Crippen molar-refractivity contribution in [3.05, 3.63) is 168 Å². The first-order valence-electron chi connectivity index (χ1n) is 13.1. The Balaban J connectivity index is 1.59. The van der Waals surface area contributed by atoms with Crippen molar-refractivity contribution in [3.8, 4) is 33.4 Å². The van der Waals surface area contributed by atoms with Crippen LogP contribution in [0.5, 0.6) is 0 Å². The van der Waals surface area contributed by atoms with E-state index in [2.05, 4.69) is 146 Å². The minimum absolute atomic E-state index is 0.497. The van der Waals surface area contributed by atoms with Crippen molar-refractivity contribution in [2.24, 2.45) is 0 Å². The standard InChI is InChI=1S/C37H26S2/c38-35-21-19-27(23-31(35)25-11-3-1-4-12-25)37(28-20-22-36(39)32(24-28)26-13-5-2-6-14-26)33-17-9-7-15-29(33)30-16-8-10-18-34(30)37/h1-24,38-39H. The molecule has 0 bridgehead atoms. The third-order valence-electron chi connectivity index (χ3n) is 7.98. The molecule has 0 fully saturated rings. The SMILES string of the molecule is Sc1ccc(C2(c3ccc(S)c(-c4ccccc4)c3)c3ccccc3-c3ccccc32)cc1-c1ccccc1. The van der Waals surface area contributed by atoms with E-state index >= 15 is 0 Å². The molecule has 0 aromatic heterocycles. The van der Waals surface area contributed by atoms with Crippen LogP contribution in [0.2, 0.25) is 0 Å². The van der Waals surface area contributed by atoms with E-state index in [9.17, 15) is 0 Å². The van der Waals surface area contributed by atoms with E-state index in [1.165, 1.54) is 33.4 Å². The van der Waals surface area contributed by atoms with Crippen LogP contribution in [0.15, 0.2) is 155 Å². The van der Waals surface area contributed by atoms with E-state index in [0.29, 0.717) is 0 Å². The first-order valence-corrected chi connectivity index (χ1v) is 14.0. The van der Waals surface area contributed by atoms with Crippen molar-refractivity contribution >= 4 is 25.3 Å². The van der Waals surface area contributed by atoms with E-state index in [4.69, 9.17) is 25.3 Å². The Kier molecular flexibility index (Phi) is 5.96. The summed E-state index contributed by atoms with van der Waals surface area (Å²) >= 11 is 9.78. The normalized spacial score (nSPS) is 13.1. The van der Waals surface area contributed by atoms with Gasteiger partial charge < -0.3 is 0 Å². The summed E-state index contributed by atoms with van der Waals surface area (Å²) in [7, 11) is 0. The summed E-state index contributed by atoms with van der Waals surface area (Å²) in [6.07, 6.45) is 0. The highest BCUT2D eigenvalue weighted by Crippen LogP contribution is 2.57. The quantitative estimate of drug-likeness (QED) is 0.206. The first-order chi connectivity index (χ1) is 19.2. The van der Waals surface area contributed by atoms with Crippen LogP contribution in [0.3, 0.4) is 0 Å². The summed E-state index contributed by atoms with van der Waals surface area (Å²) in [5.41, 5.74) is 11.7. The smallest absolute Gasteiger partial charge is 0.0714 e. The summed E-state index contributed by atoms with van der Waals surface area (Å²) in [6.45, 7) is 0. The second-order valence-corrected chi connectivity index (χ2v) is 11.0. The minimum atomic E-state index is -0.497. The van der Waals surface area contributed by atoms with Gasteiger partial charge in [0.15, 0.2) is 0 Å². The zero-order valence-corrected chi connectivity index (χ0v) is 23.0. The Morgan fingerprint density at radius 1 is 0.359 bits per heavy atom. The van der Waals surface area contributed by atoms with Crippen LogP contribution in [0.1, 0.15) is 22.3 Å². The van der Waals surface area contributed by atoms with Crippen molar-refractivity contribution in [1.29, 1.82) is 0 Å². The molecule has 0 saturated carbocycles.